The smallest absolute Gasteiger partial charge is 0.251 e. The molecular weight excluding hydrogens is 326 g/mol. The number of nitrogens with zero attached hydrogens (tertiary/aromatic N) is 1. The Labute approximate surface area is 156 Å². The van der Waals surface area contributed by atoms with Gasteiger partial charge in [-0.25, -0.2) is 0 Å². The van der Waals surface area contributed by atoms with Crippen LogP contribution in [0.3, 0.4) is 0 Å². The number of carbonyl (C=O) groups excluding carboxylic acids is 2. The molecule has 1 aliphatic heterocycles. The predicted octanol–water partition coefficient (Wildman–Crippen LogP) is 3.13. The number of anilines is 1. The zero-order valence-electron chi connectivity index (χ0n) is 16.1. The zero-order chi connectivity index (χ0) is 18.7. The molecule has 1 saturated heterocycles. The highest BCUT2D eigenvalue weighted by molar-refractivity contribution is 5.96. The Hall–Kier alpha value is -1.88. The molecule has 3 atom stereocenters. The van der Waals surface area contributed by atoms with Crippen LogP contribution in [0.4, 0.5) is 5.69 Å². The molecule has 1 aromatic rings. The van der Waals surface area contributed by atoms with Gasteiger partial charge in [0.15, 0.2) is 0 Å². The SMILES string of the molecule is CC1CC(C)CN(CC(C)NC(=O)c2ccc(NC(=O)C3CC3)cc2)C1. The first-order valence-corrected chi connectivity index (χ1v) is 9.85. The third kappa shape index (κ3) is 5.31. The third-order valence-corrected chi connectivity index (χ3v) is 5.22. The van der Waals surface area contributed by atoms with E-state index in [-0.39, 0.29) is 23.8 Å². The number of piperidine rings is 1. The topological polar surface area (TPSA) is 61.4 Å². The van der Waals surface area contributed by atoms with Crippen LogP contribution in [0.1, 0.15) is 50.4 Å². The molecule has 0 radical (unpaired) electrons. The van der Waals surface area contributed by atoms with E-state index in [9.17, 15) is 9.59 Å². The minimum Gasteiger partial charge on any atom is -0.348 e. The van der Waals surface area contributed by atoms with E-state index in [0.717, 1.165) is 50.0 Å². The molecule has 2 amide bonds. The van der Waals surface area contributed by atoms with E-state index in [4.69, 9.17) is 0 Å². The van der Waals surface area contributed by atoms with Crippen LogP contribution in [-0.2, 0) is 4.79 Å². The Morgan fingerprint density at radius 3 is 2.31 bits per heavy atom. The van der Waals surface area contributed by atoms with E-state index < -0.39 is 0 Å². The predicted molar refractivity (Wildman–Crippen MR) is 104 cm³/mol. The van der Waals surface area contributed by atoms with Crippen LogP contribution in [0.2, 0.25) is 0 Å². The number of rotatable bonds is 6. The van der Waals surface area contributed by atoms with Crippen molar-refractivity contribution in [2.75, 3.05) is 25.0 Å². The summed E-state index contributed by atoms with van der Waals surface area (Å²) < 4.78 is 0. The van der Waals surface area contributed by atoms with Gasteiger partial charge in [-0.3, -0.25) is 9.59 Å². The van der Waals surface area contributed by atoms with Crippen LogP contribution < -0.4 is 10.6 Å². The maximum Gasteiger partial charge on any atom is 0.251 e. The Morgan fingerprint density at radius 1 is 1.12 bits per heavy atom. The van der Waals surface area contributed by atoms with Crippen LogP contribution in [0, 0.1) is 17.8 Å². The molecule has 0 aromatic heterocycles. The van der Waals surface area contributed by atoms with Gasteiger partial charge in [-0.2, -0.15) is 0 Å². The van der Waals surface area contributed by atoms with Gasteiger partial charge in [0.05, 0.1) is 0 Å². The summed E-state index contributed by atoms with van der Waals surface area (Å²) in [6, 6.07) is 7.25. The Morgan fingerprint density at radius 2 is 1.73 bits per heavy atom. The first kappa shape index (κ1) is 18.9. The second kappa shape index (κ2) is 8.21. The highest BCUT2D eigenvalue weighted by Gasteiger charge is 2.29. The number of likely N-dealkylation sites (tertiary alicyclic amines) is 1. The number of hydrogen-bond acceptors (Lipinski definition) is 3. The van der Waals surface area contributed by atoms with Gasteiger partial charge in [-0.15, -0.1) is 0 Å². The Bertz CT molecular complexity index is 629. The number of benzene rings is 1. The lowest BCUT2D eigenvalue weighted by Crippen LogP contribution is -2.47. The maximum atomic E-state index is 12.5. The number of nitrogens with one attached hydrogen (secondary N) is 2. The highest BCUT2D eigenvalue weighted by atomic mass is 16.2. The van der Waals surface area contributed by atoms with Crippen molar-refractivity contribution in [2.45, 2.75) is 46.1 Å². The highest BCUT2D eigenvalue weighted by Crippen LogP contribution is 2.30. The van der Waals surface area contributed by atoms with E-state index in [1.54, 1.807) is 24.3 Å². The van der Waals surface area contributed by atoms with E-state index in [2.05, 4.69) is 36.3 Å². The normalized spacial score (nSPS) is 24.7. The van der Waals surface area contributed by atoms with Gasteiger partial charge < -0.3 is 15.5 Å². The van der Waals surface area contributed by atoms with Crippen LogP contribution >= 0.6 is 0 Å². The number of carbonyl (C=O) groups is 2. The van der Waals surface area contributed by atoms with Gasteiger partial charge in [0.1, 0.15) is 0 Å². The molecule has 1 heterocycles. The summed E-state index contributed by atoms with van der Waals surface area (Å²) in [5, 5.41) is 5.99. The van der Waals surface area contributed by atoms with Crippen LogP contribution in [0.15, 0.2) is 24.3 Å². The molecule has 5 heteroatoms. The van der Waals surface area contributed by atoms with Crippen molar-refractivity contribution < 1.29 is 9.59 Å². The second-order valence-corrected chi connectivity index (χ2v) is 8.38. The molecule has 3 unspecified atom stereocenters. The van der Waals surface area contributed by atoms with E-state index in [1.807, 2.05) is 0 Å². The minimum absolute atomic E-state index is 0.0596. The average molecular weight is 357 g/mol. The van der Waals surface area contributed by atoms with Gasteiger partial charge in [-0.1, -0.05) is 13.8 Å². The minimum atomic E-state index is -0.0596. The molecule has 2 aliphatic rings. The van der Waals surface area contributed by atoms with Crippen LogP contribution in [-0.4, -0.2) is 42.4 Å². The summed E-state index contributed by atoms with van der Waals surface area (Å²) in [4.78, 5) is 26.7. The Balaban J connectivity index is 1.48. The molecule has 0 spiro atoms. The second-order valence-electron chi connectivity index (χ2n) is 8.38. The summed E-state index contributed by atoms with van der Waals surface area (Å²) in [5.41, 5.74) is 1.38. The standard InChI is InChI=1S/C21H31N3O2/c1-14-10-15(2)12-24(11-14)13-16(3)22-20(25)18-6-8-19(9-7-18)23-21(26)17-4-5-17/h6-9,14-17H,4-5,10-13H2,1-3H3,(H,22,25)(H,23,26). The van der Waals surface area contributed by atoms with Crippen molar-refractivity contribution in [3.63, 3.8) is 0 Å². The van der Waals surface area contributed by atoms with Crippen molar-refractivity contribution in [3.8, 4) is 0 Å². The van der Waals surface area contributed by atoms with Crippen LogP contribution in [0.25, 0.3) is 0 Å². The molecule has 1 aliphatic carbocycles. The summed E-state index contributed by atoms with van der Waals surface area (Å²) in [5.74, 6) is 1.65. The first-order valence-electron chi connectivity index (χ1n) is 9.85. The molecule has 26 heavy (non-hydrogen) atoms. The first-order chi connectivity index (χ1) is 12.4. The molecule has 2 N–H and O–H groups in total. The van der Waals surface area contributed by atoms with E-state index in [1.165, 1.54) is 6.42 Å². The lowest BCUT2D eigenvalue weighted by molar-refractivity contribution is -0.117. The lowest BCUT2D eigenvalue weighted by Gasteiger charge is -2.36. The van der Waals surface area contributed by atoms with Gasteiger partial charge in [0.25, 0.3) is 5.91 Å². The van der Waals surface area contributed by atoms with Crippen molar-refractivity contribution in [3.05, 3.63) is 29.8 Å². The van der Waals surface area contributed by atoms with Gasteiger partial charge in [-0.05, 0) is 62.3 Å². The molecular formula is C21H31N3O2. The maximum absolute atomic E-state index is 12.5. The van der Waals surface area contributed by atoms with Gasteiger partial charge >= 0.3 is 0 Å². The van der Waals surface area contributed by atoms with Gasteiger partial charge in [0, 0.05) is 42.8 Å². The van der Waals surface area contributed by atoms with Crippen molar-refractivity contribution in [1.29, 1.82) is 0 Å². The third-order valence-electron chi connectivity index (χ3n) is 5.22. The Kier molecular flexibility index (Phi) is 5.97. The molecule has 2 fully saturated rings. The average Bonchev–Trinajstić information content (AvgIpc) is 3.39. The fourth-order valence-corrected chi connectivity index (χ4v) is 3.98. The number of hydrogen-bond donors (Lipinski definition) is 2. The number of amides is 2. The molecule has 1 saturated carbocycles. The fraction of sp³-hybridized carbons (Fsp3) is 0.619. The van der Waals surface area contributed by atoms with Crippen LogP contribution in [0.5, 0.6) is 0 Å². The largest absolute Gasteiger partial charge is 0.348 e. The molecule has 5 nitrogen and oxygen atoms in total. The van der Waals surface area contributed by atoms with E-state index >= 15 is 0 Å². The summed E-state index contributed by atoms with van der Waals surface area (Å²) in [6.07, 6.45) is 3.26. The summed E-state index contributed by atoms with van der Waals surface area (Å²) >= 11 is 0. The molecule has 0 bridgehead atoms. The molecule has 3 rings (SSSR count). The summed E-state index contributed by atoms with van der Waals surface area (Å²) in [6.45, 7) is 9.77. The zero-order valence-corrected chi connectivity index (χ0v) is 16.1. The van der Waals surface area contributed by atoms with Crippen molar-refractivity contribution in [2.24, 2.45) is 17.8 Å². The quantitative estimate of drug-likeness (QED) is 0.822. The van der Waals surface area contributed by atoms with Gasteiger partial charge in [0.2, 0.25) is 5.91 Å². The lowest BCUT2D eigenvalue weighted by atomic mass is 9.92. The fourth-order valence-electron chi connectivity index (χ4n) is 3.98. The van der Waals surface area contributed by atoms with Crippen molar-refractivity contribution >= 4 is 17.5 Å². The molecule has 1 aromatic carbocycles. The van der Waals surface area contributed by atoms with E-state index in [0.29, 0.717) is 5.56 Å². The monoisotopic (exact) mass is 357 g/mol. The summed E-state index contributed by atoms with van der Waals surface area (Å²) in [7, 11) is 0. The van der Waals surface area contributed by atoms with Crippen molar-refractivity contribution in [1.82, 2.24) is 10.2 Å². The molecule has 142 valence electrons.